The van der Waals surface area contributed by atoms with Crippen LogP contribution in [0.15, 0.2) is 18.2 Å². The Morgan fingerprint density at radius 2 is 2.26 bits per heavy atom. The highest BCUT2D eigenvalue weighted by Crippen LogP contribution is 2.30. The van der Waals surface area contributed by atoms with Crippen LogP contribution in [0, 0.1) is 5.82 Å². The number of benzene rings is 1. The van der Waals surface area contributed by atoms with Gasteiger partial charge in [0.15, 0.2) is 0 Å². The first kappa shape index (κ1) is 14.3. The topological polar surface area (TPSA) is 38.5 Å². The molecular weight excluding hydrogens is 243 g/mol. The summed E-state index contributed by atoms with van der Waals surface area (Å²) in [7, 11) is 0. The van der Waals surface area contributed by atoms with Gasteiger partial charge in [-0.1, -0.05) is 6.92 Å². The number of ether oxygens (including phenoxy) is 1. The Bertz CT molecular complexity index is 436. The minimum Gasteiger partial charge on any atom is -0.375 e. The molecule has 0 spiro atoms. The second kappa shape index (κ2) is 5.88. The van der Waals surface area contributed by atoms with E-state index in [0.29, 0.717) is 12.6 Å². The zero-order chi connectivity index (χ0) is 14.0. The summed E-state index contributed by atoms with van der Waals surface area (Å²) in [5.74, 6) is -0.231. The largest absolute Gasteiger partial charge is 0.375 e. The normalized spacial score (nSPS) is 25.4. The van der Waals surface area contributed by atoms with Gasteiger partial charge in [-0.15, -0.1) is 0 Å². The second-order valence-corrected chi connectivity index (χ2v) is 5.35. The van der Waals surface area contributed by atoms with E-state index in [-0.39, 0.29) is 18.0 Å². The molecule has 0 aromatic heterocycles. The Balaban J connectivity index is 2.38. The van der Waals surface area contributed by atoms with Gasteiger partial charge in [0, 0.05) is 18.3 Å². The zero-order valence-electron chi connectivity index (χ0n) is 11.9. The SMILES string of the molecule is CCC1COC(C)CN1c1ccc(F)cc1C(C)N. The van der Waals surface area contributed by atoms with E-state index < -0.39 is 0 Å². The first-order valence-electron chi connectivity index (χ1n) is 6.96. The van der Waals surface area contributed by atoms with E-state index in [1.165, 1.54) is 6.07 Å². The molecular formula is C15H23FN2O. The first-order valence-corrected chi connectivity index (χ1v) is 6.96. The van der Waals surface area contributed by atoms with Crippen molar-refractivity contribution in [2.45, 2.75) is 45.4 Å². The van der Waals surface area contributed by atoms with Crippen molar-refractivity contribution in [3.05, 3.63) is 29.6 Å². The van der Waals surface area contributed by atoms with Gasteiger partial charge in [0.2, 0.25) is 0 Å². The molecule has 106 valence electrons. The number of rotatable bonds is 3. The summed E-state index contributed by atoms with van der Waals surface area (Å²) < 4.78 is 19.1. The molecule has 1 aliphatic rings. The van der Waals surface area contributed by atoms with Crippen molar-refractivity contribution in [1.29, 1.82) is 0 Å². The Labute approximate surface area is 114 Å². The van der Waals surface area contributed by atoms with E-state index in [2.05, 4.69) is 18.7 Å². The van der Waals surface area contributed by atoms with Crippen molar-refractivity contribution in [2.24, 2.45) is 5.73 Å². The third-order valence-electron chi connectivity index (χ3n) is 3.73. The van der Waals surface area contributed by atoms with Crippen LogP contribution in [-0.2, 0) is 4.74 Å². The van der Waals surface area contributed by atoms with Crippen LogP contribution in [0.25, 0.3) is 0 Å². The quantitative estimate of drug-likeness (QED) is 0.914. The summed E-state index contributed by atoms with van der Waals surface area (Å²) in [4.78, 5) is 2.31. The van der Waals surface area contributed by atoms with Crippen molar-refractivity contribution < 1.29 is 9.13 Å². The molecule has 3 atom stereocenters. The van der Waals surface area contributed by atoms with E-state index in [9.17, 15) is 4.39 Å². The monoisotopic (exact) mass is 266 g/mol. The summed E-state index contributed by atoms with van der Waals surface area (Å²) >= 11 is 0. The van der Waals surface area contributed by atoms with Crippen LogP contribution >= 0.6 is 0 Å². The molecule has 19 heavy (non-hydrogen) atoms. The van der Waals surface area contributed by atoms with Crippen LogP contribution in [0.2, 0.25) is 0 Å². The van der Waals surface area contributed by atoms with Gasteiger partial charge in [-0.05, 0) is 44.0 Å². The van der Waals surface area contributed by atoms with Gasteiger partial charge in [-0.3, -0.25) is 0 Å². The predicted molar refractivity (Wildman–Crippen MR) is 75.8 cm³/mol. The summed E-state index contributed by atoms with van der Waals surface area (Å²) in [5.41, 5.74) is 7.90. The van der Waals surface area contributed by atoms with Gasteiger partial charge in [-0.25, -0.2) is 4.39 Å². The number of morpholine rings is 1. The molecule has 3 unspecified atom stereocenters. The summed E-state index contributed by atoms with van der Waals surface area (Å²) in [6, 6.07) is 5.05. The Morgan fingerprint density at radius 3 is 2.89 bits per heavy atom. The van der Waals surface area contributed by atoms with Gasteiger partial charge >= 0.3 is 0 Å². The molecule has 1 aromatic rings. The minimum absolute atomic E-state index is 0.179. The number of hydrogen-bond acceptors (Lipinski definition) is 3. The van der Waals surface area contributed by atoms with E-state index >= 15 is 0 Å². The van der Waals surface area contributed by atoms with Crippen molar-refractivity contribution in [3.8, 4) is 0 Å². The Morgan fingerprint density at radius 1 is 1.53 bits per heavy atom. The Hall–Kier alpha value is -1.13. The molecule has 2 rings (SSSR count). The Kier molecular flexibility index (Phi) is 4.42. The van der Waals surface area contributed by atoms with E-state index in [0.717, 1.165) is 24.2 Å². The third-order valence-corrected chi connectivity index (χ3v) is 3.73. The maximum absolute atomic E-state index is 13.4. The lowest BCUT2D eigenvalue weighted by molar-refractivity contribution is 0.0299. The fourth-order valence-electron chi connectivity index (χ4n) is 2.63. The smallest absolute Gasteiger partial charge is 0.123 e. The number of anilines is 1. The highest BCUT2D eigenvalue weighted by Gasteiger charge is 2.27. The summed E-state index contributed by atoms with van der Waals surface area (Å²) in [6.07, 6.45) is 1.19. The lowest BCUT2D eigenvalue weighted by Gasteiger charge is -2.41. The molecule has 2 N–H and O–H groups in total. The highest BCUT2D eigenvalue weighted by atomic mass is 19.1. The molecule has 0 amide bonds. The lowest BCUT2D eigenvalue weighted by Crippen LogP contribution is -2.49. The van der Waals surface area contributed by atoms with Crippen LogP contribution in [0.1, 0.15) is 38.8 Å². The van der Waals surface area contributed by atoms with E-state index in [1.807, 2.05) is 13.0 Å². The fourth-order valence-corrected chi connectivity index (χ4v) is 2.63. The van der Waals surface area contributed by atoms with Crippen LogP contribution < -0.4 is 10.6 Å². The fraction of sp³-hybridized carbons (Fsp3) is 0.600. The molecule has 1 heterocycles. The second-order valence-electron chi connectivity index (χ2n) is 5.35. The molecule has 3 nitrogen and oxygen atoms in total. The summed E-state index contributed by atoms with van der Waals surface area (Å²) in [5, 5.41) is 0. The molecule has 0 aliphatic carbocycles. The standard InChI is InChI=1S/C15H23FN2O/c1-4-13-9-19-10(2)8-18(13)15-6-5-12(16)7-14(15)11(3)17/h5-7,10-11,13H,4,8-9,17H2,1-3H3. The third kappa shape index (κ3) is 3.07. The number of hydrogen-bond donors (Lipinski definition) is 1. The van der Waals surface area contributed by atoms with Gasteiger partial charge in [0.25, 0.3) is 0 Å². The van der Waals surface area contributed by atoms with E-state index in [1.54, 1.807) is 6.07 Å². The van der Waals surface area contributed by atoms with Gasteiger partial charge in [0.1, 0.15) is 5.82 Å². The molecule has 1 fully saturated rings. The number of nitrogens with zero attached hydrogens (tertiary/aromatic N) is 1. The molecule has 0 saturated carbocycles. The maximum atomic E-state index is 13.4. The van der Waals surface area contributed by atoms with Gasteiger partial charge in [-0.2, -0.15) is 0 Å². The van der Waals surface area contributed by atoms with Crippen molar-refractivity contribution >= 4 is 5.69 Å². The van der Waals surface area contributed by atoms with Crippen molar-refractivity contribution in [2.75, 3.05) is 18.1 Å². The first-order chi connectivity index (χ1) is 9.02. The van der Waals surface area contributed by atoms with E-state index in [4.69, 9.17) is 10.5 Å². The average molecular weight is 266 g/mol. The van der Waals surface area contributed by atoms with Gasteiger partial charge < -0.3 is 15.4 Å². The molecule has 0 bridgehead atoms. The highest BCUT2D eigenvalue weighted by molar-refractivity contribution is 5.56. The van der Waals surface area contributed by atoms with Crippen molar-refractivity contribution in [1.82, 2.24) is 0 Å². The molecule has 4 heteroatoms. The van der Waals surface area contributed by atoms with Crippen LogP contribution in [-0.4, -0.2) is 25.3 Å². The molecule has 1 aliphatic heterocycles. The van der Waals surface area contributed by atoms with Crippen LogP contribution in [0.4, 0.5) is 10.1 Å². The zero-order valence-corrected chi connectivity index (χ0v) is 11.9. The maximum Gasteiger partial charge on any atom is 0.123 e. The number of halogens is 1. The van der Waals surface area contributed by atoms with Gasteiger partial charge in [0.05, 0.1) is 18.8 Å². The van der Waals surface area contributed by atoms with Crippen LogP contribution in [0.3, 0.4) is 0 Å². The lowest BCUT2D eigenvalue weighted by atomic mass is 10.0. The predicted octanol–water partition coefficient (Wildman–Crippen LogP) is 2.85. The number of nitrogens with two attached hydrogens (primary N) is 1. The minimum atomic E-state index is -0.231. The average Bonchev–Trinajstić information content (AvgIpc) is 2.38. The molecule has 0 radical (unpaired) electrons. The summed E-state index contributed by atoms with van der Waals surface area (Å²) in [6.45, 7) is 7.64. The van der Waals surface area contributed by atoms with Crippen LogP contribution in [0.5, 0.6) is 0 Å². The van der Waals surface area contributed by atoms with Crippen molar-refractivity contribution in [3.63, 3.8) is 0 Å². The molecule has 1 aromatic carbocycles. The molecule has 1 saturated heterocycles.